The molecule has 2 aromatic carbocycles. The summed E-state index contributed by atoms with van der Waals surface area (Å²) in [6.07, 6.45) is 1.89. The molecule has 0 fully saturated rings. The summed E-state index contributed by atoms with van der Waals surface area (Å²) in [4.78, 5) is 10.7. The van der Waals surface area contributed by atoms with Crippen LogP contribution in [0.1, 0.15) is 11.1 Å². The maximum Gasteiger partial charge on any atom is 0.255 e. The van der Waals surface area contributed by atoms with Crippen LogP contribution in [0.25, 0.3) is 0 Å². The van der Waals surface area contributed by atoms with Crippen LogP contribution in [0.2, 0.25) is 0 Å². The van der Waals surface area contributed by atoms with Gasteiger partial charge < -0.3 is 19.9 Å². The van der Waals surface area contributed by atoms with Crippen molar-refractivity contribution in [2.75, 3.05) is 20.3 Å². The third-order valence-corrected chi connectivity index (χ3v) is 4.08. The highest BCUT2D eigenvalue weighted by molar-refractivity contribution is 5.75. The van der Waals surface area contributed by atoms with Gasteiger partial charge in [0.25, 0.3) is 5.91 Å². The van der Waals surface area contributed by atoms with Gasteiger partial charge in [-0.05, 0) is 42.2 Å². The van der Waals surface area contributed by atoms with E-state index in [-0.39, 0.29) is 6.61 Å². The van der Waals surface area contributed by atoms with Gasteiger partial charge in [-0.3, -0.25) is 4.79 Å². The predicted octanol–water partition coefficient (Wildman–Crippen LogP) is 2.35. The summed E-state index contributed by atoms with van der Waals surface area (Å²) in [6, 6.07) is 13.7. The third kappa shape index (κ3) is 3.79. The summed E-state index contributed by atoms with van der Waals surface area (Å²) in [5, 5.41) is 0. The molecule has 1 amide bonds. The zero-order chi connectivity index (χ0) is 16.9. The topological polar surface area (TPSA) is 70.8 Å². The van der Waals surface area contributed by atoms with Crippen LogP contribution in [-0.4, -0.2) is 26.2 Å². The van der Waals surface area contributed by atoms with E-state index in [4.69, 9.17) is 19.9 Å². The molecule has 2 aromatic rings. The summed E-state index contributed by atoms with van der Waals surface area (Å²) < 4.78 is 16.5. The number of hydrogen-bond acceptors (Lipinski definition) is 4. The molecule has 2 N–H and O–H groups in total. The minimum absolute atomic E-state index is 0.103. The summed E-state index contributed by atoms with van der Waals surface area (Å²) in [5.41, 5.74) is 7.46. The quantitative estimate of drug-likeness (QED) is 0.884. The Labute approximate surface area is 141 Å². The molecule has 5 nitrogen and oxygen atoms in total. The Kier molecular flexibility index (Phi) is 4.89. The maximum absolute atomic E-state index is 10.7. The zero-order valence-corrected chi connectivity index (χ0v) is 13.7. The normalized spacial score (nSPS) is 16.0. The Balaban J connectivity index is 1.62. The number of ether oxygens (including phenoxy) is 3. The van der Waals surface area contributed by atoms with Gasteiger partial charge in [0.2, 0.25) is 0 Å². The van der Waals surface area contributed by atoms with Gasteiger partial charge in [0.1, 0.15) is 5.75 Å². The highest BCUT2D eigenvalue weighted by Gasteiger charge is 2.22. The maximum atomic E-state index is 10.7. The van der Waals surface area contributed by atoms with Gasteiger partial charge in [-0.15, -0.1) is 0 Å². The Hall–Kier alpha value is -2.69. The van der Waals surface area contributed by atoms with Crippen LogP contribution in [-0.2, 0) is 17.6 Å². The molecule has 0 saturated carbocycles. The van der Waals surface area contributed by atoms with Gasteiger partial charge in [0.15, 0.2) is 18.1 Å². The van der Waals surface area contributed by atoms with E-state index in [9.17, 15) is 4.79 Å². The predicted molar refractivity (Wildman–Crippen MR) is 90.5 cm³/mol. The molecular formula is C19H21NO4. The summed E-state index contributed by atoms with van der Waals surface area (Å²) in [7, 11) is 1.66. The number of amides is 1. The van der Waals surface area contributed by atoms with E-state index in [0.29, 0.717) is 18.3 Å². The Bertz CT molecular complexity index is 712. The molecule has 0 radical (unpaired) electrons. The van der Waals surface area contributed by atoms with Crippen molar-refractivity contribution in [3.63, 3.8) is 0 Å². The fourth-order valence-electron chi connectivity index (χ4n) is 2.96. The zero-order valence-electron chi connectivity index (χ0n) is 13.7. The van der Waals surface area contributed by atoms with Gasteiger partial charge >= 0.3 is 0 Å². The molecule has 126 valence electrons. The first-order chi connectivity index (χ1) is 11.7. The highest BCUT2D eigenvalue weighted by atomic mass is 16.5. The van der Waals surface area contributed by atoms with Crippen molar-refractivity contribution in [3.8, 4) is 17.2 Å². The molecule has 3 rings (SSSR count). The lowest BCUT2D eigenvalue weighted by atomic mass is 9.91. The van der Waals surface area contributed by atoms with Gasteiger partial charge in [0.05, 0.1) is 13.7 Å². The van der Waals surface area contributed by atoms with E-state index in [1.165, 1.54) is 11.1 Å². The van der Waals surface area contributed by atoms with Gasteiger partial charge in [-0.2, -0.15) is 0 Å². The number of carbonyl (C=O) groups excluding carboxylic acids is 1. The van der Waals surface area contributed by atoms with Crippen LogP contribution in [0.3, 0.4) is 0 Å². The van der Waals surface area contributed by atoms with E-state index in [1.54, 1.807) is 7.11 Å². The average Bonchev–Trinajstić information content (AvgIpc) is 2.60. The lowest BCUT2D eigenvalue weighted by Crippen LogP contribution is -2.23. The molecule has 0 bridgehead atoms. The third-order valence-electron chi connectivity index (χ3n) is 4.08. The summed E-state index contributed by atoms with van der Waals surface area (Å²) in [6.45, 7) is 0.571. The molecule has 0 spiro atoms. The van der Waals surface area contributed by atoms with Crippen molar-refractivity contribution in [1.29, 1.82) is 0 Å². The van der Waals surface area contributed by atoms with Crippen molar-refractivity contribution in [2.45, 2.75) is 12.8 Å². The van der Waals surface area contributed by atoms with Gasteiger partial charge in [0, 0.05) is 5.92 Å². The fourth-order valence-corrected chi connectivity index (χ4v) is 2.96. The van der Waals surface area contributed by atoms with E-state index >= 15 is 0 Å². The Morgan fingerprint density at radius 3 is 2.75 bits per heavy atom. The largest absolute Gasteiger partial charge is 0.493 e. The molecule has 0 unspecified atom stereocenters. The first kappa shape index (κ1) is 16.2. The molecule has 1 aliphatic rings. The van der Waals surface area contributed by atoms with E-state index < -0.39 is 5.91 Å². The summed E-state index contributed by atoms with van der Waals surface area (Å²) in [5.74, 6) is 2.25. The molecular weight excluding hydrogens is 306 g/mol. The second-order valence-corrected chi connectivity index (χ2v) is 5.93. The van der Waals surface area contributed by atoms with Crippen LogP contribution in [0.4, 0.5) is 0 Å². The second kappa shape index (κ2) is 7.25. The molecule has 5 heteroatoms. The number of fused-ring (bicyclic) bond motifs is 1. The molecule has 1 aliphatic heterocycles. The molecule has 0 aliphatic carbocycles. The number of methoxy groups -OCH3 is 1. The van der Waals surface area contributed by atoms with Crippen molar-refractivity contribution >= 4 is 5.91 Å². The lowest BCUT2D eigenvalue weighted by molar-refractivity contribution is -0.119. The number of para-hydroxylation sites is 1. The molecule has 0 aromatic heterocycles. The fraction of sp³-hybridized carbons (Fsp3) is 0.316. The number of carbonyl (C=O) groups is 1. The van der Waals surface area contributed by atoms with Crippen LogP contribution in [0.15, 0.2) is 42.5 Å². The van der Waals surface area contributed by atoms with Crippen LogP contribution in [0.5, 0.6) is 17.2 Å². The molecule has 24 heavy (non-hydrogen) atoms. The first-order valence-corrected chi connectivity index (χ1v) is 7.94. The van der Waals surface area contributed by atoms with Crippen LogP contribution >= 0.6 is 0 Å². The number of primary amides is 1. The summed E-state index contributed by atoms with van der Waals surface area (Å²) >= 11 is 0. The van der Waals surface area contributed by atoms with Crippen molar-refractivity contribution in [3.05, 3.63) is 53.6 Å². The van der Waals surface area contributed by atoms with Crippen LogP contribution < -0.4 is 19.9 Å². The smallest absolute Gasteiger partial charge is 0.255 e. The number of nitrogens with two attached hydrogens (primary N) is 1. The SMILES string of the molecule is COc1cccc2c1OC[C@H](Cc1ccc(OCC(N)=O)cc1)C2. The standard InChI is InChI=1S/C19H21NO4/c1-22-17-4-2-3-15-10-14(11-24-19(15)17)9-13-5-7-16(8-6-13)23-12-18(20)21/h2-8,14H,9-12H2,1H3,(H2,20,21)/t14-/m1/s1. The van der Waals surface area contributed by atoms with E-state index in [1.807, 2.05) is 36.4 Å². The number of rotatable bonds is 6. The minimum atomic E-state index is -0.479. The van der Waals surface area contributed by atoms with Gasteiger partial charge in [-0.25, -0.2) is 0 Å². The Morgan fingerprint density at radius 2 is 2.04 bits per heavy atom. The molecule has 1 atom stereocenters. The van der Waals surface area contributed by atoms with E-state index in [0.717, 1.165) is 24.3 Å². The first-order valence-electron chi connectivity index (χ1n) is 7.94. The lowest BCUT2D eigenvalue weighted by Gasteiger charge is -2.26. The molecule has 0 saturated heterocycles. The number of hydrogen-bond donors (Lipinski definition) is 1. The van der Waals surface area contributed by atoms with E-state index in [2.05, 4.69) is 6.07 Å². The second-order valence-electron chi connectivity index (χ2n) is 5.93. The van der Waals surface area contributed by atoms with Gasteiger partial charge in [-0.1, -0.05) is 24.3 Å². The number of benzene rings is 2. The minimum Gasteiger partial charge on any atom is -0.493 e. The van der Waals surface area contributed by atoms with Crippen molar-refractivity contribution in [2.24, 2.45) is 11.7 Å². The van der Waals surface area contributed by atoms with Crippen LogP contribution in [0, 0.1) is 5.92 Å². The van der Waals surface area contributed by atoms with Crippen molar-refractivity contribution < 1.29 is 19.0 Å². The molecule has 1 heterocycles. The van der Waals surface area contributed by atoms with Crippen molar-refractivity contribution in [1.82, 2.24) is 0 Å². The monoisotopic (exact) mass is 327 g/mol. The average molecular weight is 327 g/mol. The highest BCUT2D eigenvalue weighted by Crippen LogP contribution is 2.36. The Morgan fingerprint density at radius 1 is 1.25 bits per heavy atom.